The summed E-state index contributed by atoms with van der Waals surface area (Å²) in [6.45, 7) is 10.9. The zero-order valence-electron chi connectivity index (χ0n) is 13.2. The fourth-order valence-electron chi connectivity index (χ4n) is 1.97. The van der Waals surface area contributed by atoms with Gasteiger partial charge in [-0.05, 0) is 45.4 Å². The first-order valence-corrected chi connectivity index (χ1v) is 6.92. The normalized spacial score (nSPS) is 13.2. The first-order chi connectivity index (χ1) is 8.81. The van der Waals surface area contributed by atoms with Crippen molar-refractivity contribution in [3.05, 3.63) is 24.3 Å². The molecule has 1 unspecified atom stereocenters. The summed E-state index contributed by atoms with van der Waals surface area (Å²) in [6.07, 6.45) is 0. The van der Waals surface area contributed by atoms with Gasteiger partial charge in [-0.25, -0.2) is 0 Å². The van der Waals surface area contributed by atoms with E-state index in [1.165, 1.54) is 5.69 Å². The monoisotopic (exact) mass is 264 g/mol. The molecule has 1 rings (SSSR count). The van der Waals surface area contributed by atoms with Gasteiger partial charge < -0.3 is 15.0 Å². The minimum Gasteiger partial charge on any atom is -0.497 e. The largest absolute Gasteiger partial charge is 0.497 e. The quantitative estimate of drug-likeness (QED) is 0.854. The highest BCUT2D eigenvalue weighted by molar-refractivity contribution is 5.50. The number of methoxy groups -OCH3 is 1. The molecule has 0 saturated carbocycles. The Morgan fingerprint density at radius 2 is 2.00 bits per heavy atom. The van der Waals surface area contributed by atoms with E-state index in [4.69, 9.17) is 4.74 Å². The molecule has 108 valence electrons. The highest BCUT2D eigenvalue weighted by Crippen LogP contribution is 2.20. The van der Waals surface area contributed by atoms with Crippen LogP contribution in [0.3, 0.4) is 0 Å². The van der Waals surface area contributed by atoms with Crippen LogP contribution in [0.1, 0.15) is 27.7 Å². The molecule has 0 aromatic heterocycles. The van der Waals surface area contributed by atoms with Crippen molar-refractivity contribution in [2.75, 3.05) is 32.1 Å². The van der Waals surface area contributed by atoms with Crippen molar-refractivity contribution in [2.24, 2.45) is 5.92 Å². The maximum Gasteiger partial charge on any atom is 0.120 e. The molecule has 3 heteroatoms. The molecule has 0 aliphatic carbocycles. The van der Waals surface area contributed by atoms with E-state index in [2.05, 4.69) is 57.1 Å². The first kappa shape index (κ1) is 15.8. The molecule has 1 aromatic rings. The zero-order chi connectivity index (χ0) is 14.5. The average Bonchev–Trinajstić information content (AvgIpc) is 2.35. The lowest BCUT2D eigenvalue weighted by molar-refractivity contribution is 0.383. The van der Waals surface area contributed by atoms with Crippen molar-refractivity contribution in [3.63, 3.8) is 0 Å². The van der Waals surface area contributed by atoms with Crippen molar-refractivity contribution < 1.29 is 4.74 Å². The van der Waals surface area contributed by atoms with Crippen LogP contribution < -0.4 is 15.0 Å². The van der Waals surface area contributed by atoms with Gasteiger partial charge in [0.1, 0.15) is 5.75 Å². The summed E-state index contributed by atoms with van der Waals surface area (Å²) >= 11 is 0. The molecule has 1 N–H and O–H groups in total. The van der Waals surface area contributed by atoms with E-state index in [0.717, 1.165) is 18.8 Å². The number of nitrogens with zero attached hydrogens (tertiary/aromatic N) is 1. The molecule has 0 bridgehead atoms. The summed E-state index contributed by atoms with van der Waals surface area (Å²) in [5.74, 6) is 1.50. The number of benzene rings is 1. The molecule has 0 fully saturated rings. The maximum absolute atomic E-state index is 5.26. The summed E-state index contributed by atoms with van der Waals surface area (Å²) in [5.41, 5.74) is 1.38. The Hall–Kier alpha value is -1.22. The van der Waals surface area contributed by atoms with E-state index < -0.39 is 0 Å². The SMILES string of the molecule is COc1cccc(N(C)CC(C)CNC(C)(C)C)c1. The predicted octanol–water partition coefficient (Wildman–Crippen LogP) is 3.16. The third kappa shape index (κ3) is 5.97. The van der Waals surface area contributed by atoms with Gasteiger partial charge in [-0.2, -0.15) is 0 Å². The van der Waals surface area contributed by atoms with E-state index >= 15 is 0 Å². The van der Waals surface area contributed by atoms with E-state index in [9.17, 15) is 0 Å². The fourth-order valence-corrected chi connectivity index (χ4v) is 1.97. The predicted molar refractivity (Wildman–Crippen MR) is 83.2 cm³/mol. The smallest absolute Gasteiger partial charge is 0.120 e. The highest BCUT2D eigenvalue weighted by Gasteiger charge is 2.13. The van der Waals surface area contributed by atoms with Crippen LogP contribution in [0.2, 0.25) is 0 Å². The molecule has 3 nitrogen and oxygen atoms in total. The lowest BCUT2D eigenvalue weighted by Crippen LogP contribution is -2.41. The van der Waals surface area contributed by atoms with Crippen LogP contribution in [-0.4, -0.2) is 32.8 Å². The molecule has 0 radical (unpaired) electrons. The Balaban J connectivity index is 2.51. The minimum absolute atomic E-state index is 0.183. The molecule has 0 amide bonds. The van der Waals surface area contributed by atoms with Crippen LogP contribution in [0.15, 0.2) is 24.3 Å². The van der Waals surface area contributed by atoms with E-state index in [-0.39, 0.29) is 5.54 Å². The molecule has 0 aliphatic heterocycles. The van der Waals surface area contributed by atoms with Crippen LogP contribution in [0.5, 0.6) is 5.75 Å². The van der Waals surface area contributed by atoms with Crippen molar-refractivity contribution in [3.8, 4) is 5.75 Å². The third-order valence-electron chi connectivity index (χ3n) is 3.06. The van der Waals surface area contributed by atoms with Gasteiger partial charge in [-0.15, -0.1) is 0 Å². The van der Waals surface area contributed by atoms with Crippen LogP contribution >= 0.6 is 0 Å². The van der Waals surface area contributed by atoms with Crippen molar-refractivity contribution in [1.29, 1.82) is 0 Å². The van der Waals surface area contributed by atoms with Crippen LogP contribution in [0, 0.1) is 5.92 Å². The van der Waals surface area contributed by atoms with Gasteiger partial charge in [0.25, 0.3) is 0 Å². The summed E-state index contributed by atoms with van der Waals surface area (Å²) in [5, 5.41) is 3.55. The maximum atomic E-state index is 5.26. The number of hydrogen-bond donors (Lipinski definition) is 1. The second-order valence-electron chi connectivity index (χ2n) is 6.32. The lowest BCUT2D eigenvalue weighted by Gasteiger charge is -2.27. The molecule has 19 heavy (non-hydrogen) atoms. The van der Waals surface area contributed by atoms with Crippen LogP contribution in [-0.2, 0) is 0 Å². The number of ether oxygens (including phenoxy) is 1. The number of anilines is 1. The standard InChI is InChI=1S/C16H28N2O/c1-13(11-17-16(2,3)4)12-18(5)14-8-7-9-15(10-14)19-6/h7-10,13,17H,11-12H2,1-6H3. The minimum atomic E-state index is 0.183. The molecule has 0 heterocycles. The van der Waals surface area contributed by atoms with Gasteiger partial charge >= 0.3 is 0 Å². The molecule has 1 atom stereocenters. The topological polar surface area (TPSA) is 24.5 Å². The first-order valence-electron chi connectivity index (χ1n) is 6.92. The van der Waals surface area contributed by atoms with Gasteiger partial charge in [0.05, 0.1) is 7.11 Å². The van der Waals surface area contributed by atoms with Gasteiger partial charge in [-0.1, -0.05) is 13.0 Å². The van der Waals surface area contributed by atoms with E-state index in [1.807, 2.05) is 12.1 Å². The van der Waals surface area contributed by atoms with Crippen molar-refractivity contribution >= 4 is 5.69 Å². The van der Waals surface area contributed by atoms with Gasteiger partial charge in [0, 0.05) is 30.9 Å². The van der Waals surface area contributed by atoms with Crippen LogP contribution in [0.25, 0.3) is 0 Å². The third-order valence-corrected chi connectivity index (χ3v) is 3.06. The second-order valence-corrected chi connectivity index (χ2v) is 6.32. The molecule has 0 saturated heterocycles. The Bertz CT molecular complexity index is 385. The van der Waals surface area contributed by atoms with E-state index in [1.54, 1.807) is 7.11 Å². The second kappa shape index (κ2) is 6.80. The van der Waals surface area contributed by atoms with Crippen molar-refractivity contribution in [2.45, 2.75) is 33.2 Å². The average molecular weight is 264 g/mol. The Labute approximate surface area is 118 Å². The molecular weight excluding hydrogens is 236 g/mol. The van der Waals surface area contributed by atoms with E-state index in [0.29, 0.717) is 5.92 Å². The summed E-state index contributed by atoms with van der Waals surface area (Å²) < 4.78 is 5.26. The highest BCUT2D eigenvalue weighted by atomic mass is 16.5. The number of rotatable bonds is 6. The lowest BCUT2D eigenvalue weighted by atomic mass is 10.1. The Kier molecular flexibility index (Phi) is 5.67. The van der Waals surface area contributed by atoms with Gasteiger partial charge in [0.15, 0.2) is 0 Å². The summed E-state index contributed by atoms with van der Waals surface area (Å²) in [6, 6.07) is 8.20. The summed E-state index contributed by atoms with van der Waals surface area (Å²) in [7, 11) is 3.83. The van der Waals surface area contributed by atoms with Gasteiger partial charge in [-0.3, -0.25) is 0 Å². The molecule has 1 aromatic carbocycles. The number of hydrogen-bond acceptors (Lipinski definition) is 3. The Morgan fingerprint density at radius 1 is 1.32 bits per heavy atom. The molecule has 0 spiro atoms. The van der Waals surface area contributed by atoms with Crippen LogP contribution in [0.4, 0.5) is 5.69 Å². The Morgan fingerprint density at radius 3 is 2.58 bits per heavy atom. The molecule has 0 aliphatic rings. The molecular formula is C16H28N2O. The zero-order valence-corrected chi connectivity index (χ0v) is 13.2. The fraction of sp³-hybridized carbons (Fsp3) is 0.625. The number of nitrogens with one attached hydrogen (secondary N) is 1. The van der Waals surface area contributed by atoms with Crippen molar-refractivity contribution in [1.82, 2.24) is 5.32 Å². The summed E-state index contributed by atoms with van der Waals surface area (Å²) in [4.78, 5) is 2.28. The van der Waals surface area contributed by atoms with Gasteiger partial charge in [0.2, 0.25) is 0 Å².